The third kappa shape index (κ3) is 8.53. The molecule has 0 bridgehead atoms. The molecule has 0 spiro atoms. The van der Waals surface area contributed by atoms with Crippen molar-refractivity contribution in [1.82, 2.24) is 5.32 Å². The Balaban J connectivity index is 1.54. The molecule has 4 aromatic carbocycles. The fourth-order valence-corrected chi connectivity index (χ4v) is 5.99. The van der Waals surface area contributed by atoms with Crippen LogP contribution < -0.4 is 16.0 Å². The van der Waals surface area contributed by atoms with Crippen molar-refractivity contribution in [1.29, 1.82) is 0 Å². The normalized spacial score (nSPS) is 11.9. The molecular weight excluding hydrogens is 613 g/mol. The van der Waals surface area contributed by atoms with E-state index < -0.39 is 11.8 Å². The van der Waals surface area contributed by atoms with Crippen LogP contribution in [0.15, 0.2) is 102 Å². The van der Waals surface area contributed by atoms with Crippen molar-refractivity contribution in [2.45, 2.75) is 43.8 Å². The minimum absolute atomic E-state index is 0.0392. The first-order valence-electron chi connectivity index (χ1n) is 14.2. The van der Waals surface area contributed by atoms with Gasteiger partial charge in [-0.3, -0.25) is 14.4 Å². The maximum atomic E-state index is 13.5. The van der Waals surface area contributed by atoms with Crippen LogP contribution in [0, 0.1) is 6.92 Å². The van der Waals surface area contributed by atoms with Crippen molar-refractivity contribution < 1.29 is 14.4 Å². The summed E-state index contributed by atoms with van der Waals surface area (Å²) in [6.45, 7) is 6.01. The Kier molecular flexibility index (Phi) is 11.7. The highest BCUT2D eigenvalue weighted by Gasteiger charge is 2.21. The Morgan fingerprint density at radius 3 is 2.20 bits per heavy atom. The van der Waals surface area contributed by atoms with Gasteiger partial charge in [-0.25, -0.2) is 0 Å². The van der Waals surface area contributed by atoms with E-state index in [1.807, 2.05) is 38.1 Å². The second kappa shape index (κ2) is 15.6. The van der Waals surface area contributed by atoms with E-state index in [1.54, 1.807) is 66.7 Å². The second-order valence-electron chi connectivity index (χ2n) is 9.96. The first kappa shape index (κ1) is 32.9. The molecular formula is C35H33Cl2N3O3S. The van der Waals surface area contributed by atoms with Crippen LogP contribution in [-0.4, -0.2) is 23.0 Å². The molecule has 1 unspecified atom stereocenters. The summed E-state index contributed by atoms with van der Waals surface area (Å²) in [4.78, 5) is 40.6. The van der Waals surface area contributed by atoms with Crippen LogP contribution in [0.3, 0.4) is 0 Å². The van der Waals surface area contributed by atoms with Gasteiger partial charge in [0.05, 0.1) is 5.25 Å². The number of carbonyl (C=O) groups is 3. The highest BCUT2D eigenvalue weighted by atomic mass is 35.5. The van der Waals surface area contributed by atoms with Gasteiger partial charge >= 0.3 is 0 Å². The van der Waals surface area contributed by atoms with Crippen LogP contribution in [0.5, 0.6) is 0 Å². The van der Waals surface area contributed by atoms with Crippen molar-refractivity contribution in [2.24, 2.45) is 0 Å². The summed E-state index contributed by atoms with van der Waals surface area (Å²) in [7, 11) is 0. The smallest absolute Gasteiger partial charge is 0.272 e. The molecule has 1 atom stereocenters. The zero-order chi connectivity index (χ0) is 31.6. The number of carbonyl (C=O) groups excluding carboxylic acids is 3. The summed E-state index contributed by atoms with van der Waals surface area (Å²) in [6, 6.07) is 26.8. The molecule has 0 aromatic heterocycles. The van der Waals surface area contributed by atoms with Crippen LogP contribution in [0.4, 0.5) is 11.4 Å². The summed E-state index contributed by atoms with van der Waals surface area (Å²) in [5.41, 5.74) is 4.20. The van der Waals surface area contributed by atoms with Gasteiger partial charge < -0.3 is 16.0 Å². The van der Waals surface area contributed by atoms with Crippen molar-refractivity contribution in [3.63, 3.8) is 0 Å². The van der Waals surface area contributed by atoms with E-state index in [2.05, 4.69) is 22.9 Å². The van der Waals surface area contributed by atoms with E-state index in [4.69, 9.17) is 23.2 Å². The first-order valence-corrected chi connectivity index (χ1v) is 15.8. The fraction of sp³-hybridized carbons (Fsp3) is 0.171. The van der Waals surface area contributed by atoms with Gasteiger partial charge in [-0.15, -0.1) is 11.8 Å². The Morgan fingerprint density at radius 2 is 1.52 bits per heavy atom. The molecule has 0 heterocycles. The molecule has 9 heteroatoms. The molecule has 226 valence electrons. The Morgan fingerprint density at radius 1 is 0.841 bits per heavy atom. The highest BCUT2D eigenvalue weighted by Crippen LogP contribution is 2.31. The van der Waals surface area contributed by atoms with Crippen molar-refractivity contribution in [2.75, 3.05) is 10.6 Å². The van der Waals surface area contributed by atoms with Crippen molar-refractivity contribution >= 4 is 70.1 Å². The molecule has 3 amide bonds. The van der Waals surface area contributed by atoms with E-state index in [1.165, 1.54) is 17.8 Å². The van der Waals surface area contributed by atoms with Crippen LogP contribution in [0.25, 0.3) is 6.08 Å². The Bertz CT molecular complexity index is 1670. The van der Waals surface area contributed by atoms with Gasteiger partial charge in [-0.05, 0) is 79.4 Å². The van der Waals surface area contributed by atoms with Crippen LogP contribution in [0.1, 0.15) is 47.3 Å². The van der Waals surface area contributed by atoms with E-state index in [9.17, 15) is 14.4 Å². The Labute approximate surface area is 272 Å². The first-order chi connectivity index (χ1) is 21.2. The number of hydrogen-bond donors (Lipinski definition) is 3. The summed E-state index contributed by atoms with van der Waals surface area (Å²) in [5.74, 6) is -1.11. The lowest BCUT2D eigenvalue weighted by Gasteiger charge is -2.18. The van der Waals surface area contributed by atoms with Crippen molar-refractivity contribution in [3.05, 3.63) is 129 Å². The molecule has 3 N–H and O–H groups in total. The molecule has 0 fully saturated rings. The van der Waals surface area contributed by atoms with Crippen LogP contribution in [-0.2, 0) is 16.0 Å². The number of para-hydroxylation sites is 1. The van der Waals surface area contributed by atoms with Gasteiger partial charge in [0.15, 0.2) is 0 Å². The van der Waals surface area contributed by atoms with Gasteiger partial charge in [0.25, 0.3) is 11.8 Å². The number of halogens is 2. The molecule has 4 rings (SSSR count). The van der Waals surface area contributed by atoms with E-state index in [0.29, 0.717) is 33.3 Å². The quantitative estimate of drug-likeness (QED) is 0.112. The molecule has 6 nitrogen and oxygen atoms in total. The van der Waals surface area contributed by atoms with Gasteiger partial charge in [0.1, 0.15) is 5.70 Å². The van der Waals surface area contributed by atoms with Crippen molar-refractivity contribution in [3.8, 4) is 0 Å². The molecule has 0 aliphatic carbocycles. The standard InChI is InChI=1S/C35H33Cl2N3O3S/c1-4-23-15-9-12-22(3)32(23)40-35(43)31(5-2)44-26-17-10-16-25(20-26)38-34(42)30(21-27-28(36)18-11-19-29(27)37)39-33(41)24-13-7-6-8-14-24/h6-21,31H,4-5H2,1-3H3,(H,38,42)(H,39,41)(H,40,43)/b30-21+. The molecule has 0 saturated heterocycles. The molecule has 0 aliphatic rings. The lowest BCUT2D eigenvalue weighted by atomic mass is 10.1. The molecule has 4 aromatic rings. The number of benzene rings is 4. The van der Waals surface area contributed by atoms with Gasteiger partial charge in [0, 0.05) is 37.4 Å². The topological polar surface area (TPSA) is 87.3 Å². The monoisotopic (exact) mass is 645 g/mol. The predicted octanol–water partition coefficient (Wildman–Crippen LogP) is 8.78. The number of nitrogens with one attached hydrogen (secondary N) is 3. The Hall–Kier alpha value is -4.04. The van der Waals surface area contributed by atoms with Gasteiger partial charge in [-0.1, -0.05) is 85.6 Å². The summed E-state index contributed by atoms with van der Waals surface area (Å²) in [6.07, 6.45) is 2.87. The lowest BCUT2D eigenvalue weighted by Crippen LogP contribution is -2.30. The zero-order valence-corrected chi connectivity index (χ0v) is 26.9. The van der Waals surface area contributed by atoms with E-state index >= 15 is 0 Å². The number of hydrogen-bond acceptors (Lipinski definition) is 4. The number of aryl methyl sites for hydroxylation is 2. The minimum atomic E-state index is -0.566. The maximum Gasteiger partial charge on any atom is 0.272 e. The highest BCUT2D eigenvalue weighted by molar-refractivity contribution is 8.00. The number of rotatable bonds is 11. The van der Waals surface area contributed by atoms with Gasteiger partial charge in [-0.2, -0.15) is 0 Å². The molecule has 0 saturated carbocycles. The molecule has 0 aliphatic heterocycles. The average Bonchev–Trinajstić information content (AvgIpc) is 3.02. The predicted molar refractivity (Wildman–Crippen MR) is 183 cm³/mol. The van der Waals surface area contributed by atoms with E-state index in [-0.39, 0.29) is 16.9 Å². The largest absolute Gasteiger partial charge is 0.325 e. The van der Waals surface area contributed by atoms with Gasteiger partial charge in [0.2, 0.25) is 5.91 Å². The second-order valence-corrected chi connectivity index (χ2v) is 12.1. The van der Waals surface area contributed by atoms with E-state index in [0.717, 1.165) is 28.1 Å². The third-order valence-electron chi connectivity index (χ3n) is 6.84. The number of amides is 3. The molecule has 44 heavy (non-hydrogen) atoms. The summed E-state index contributed by atoms with van der Waals surface area (Å²) < 4.78 is 0. The SMILES string of the molecule is CCc1cccc(C)c1NC(=O)C(CC)Sc1cccc(NC(=O)/C(=C\c2c(Cl)cccc2Cl)NC(=O)c2ccccc2)c1. The maximum absolute atomic E-state index is 13.5. The van der Waals surface area contributed by atoms with Crippen LogP contribution in [0.2, 0.25) is 10.0 Å². The average molecular weight is 647 g/mol. The summed E-state index contributed by atoms with van der Waals surface area (Å²) >= 11 is 14.2. The van der Waals surface area contributed by atoms with Crippen LogP contribution >= 0.6 is 35.0 Å². The number of thioether (sulfide) groups is 1. The summed E-state index contributed by atoms with van der Waals surface area (Å²) in [5, 5.41) is 8.99. The zero-order valence-electron chi connectivity index (χ0n) is 24.6. The minimum Gasteiger partial charge on any atom is -0.325 e. The lowest BCUT2D eigenvalue weighted by molar-refractivity contribution is -0.116. The number of anilines is 2. The molecule has 0 radical (unpaired) electrons. The third-order valence-corrected chi connectivity index (χ3v) is 8.86. The fourth-order valence-electron chi connectivity index (χ4n) is 4.47.